The number of nitrogens with one attached hydrogen (secondary N) is 2. The normalized spacial score (nSPS) is 13.8. The summed E-state index contributed by atoms with van der Waals surface area (Å²) in [5.74, 6) is -5.31. The molecule has 0 radical (unpaired) electrons. The summed E-state index contributed by atoms with van der Waals surface area (Å²) in [6.07, 6.45) is 0. The highest BCUT2D eigenvalue weighted by atomic mass is 35.5. The van der Waals surface area contributed by atoms with Crippen molar-refractivity contribution in [1.82, 2.24) is 0 Å². The molecule has 9 aromatic rings. The van der Waals surface area contributed by atoms with E-state index in [1.165, 1.54) is 42.5 Å². The highest BCUT2D eigenvalue weighted by Gasteiger charge is 2.27. The molecule has 11 rings (SSSR count). The average Bonchev–Trinajstić information content (AvgIpc) is 3.48. The maximum Gasteiger partial charge on any atom is 0.337 e. The lowest BCUT2D eigenvalue weighted by molar-refractivity contribution is 0.0686. The molecule has 9 aromatic carbocycles. The topological polar surface area (TPSA) is 289 Å². The number of ether oxygens (including phenoxy) is 2. The van der Waals surface area contributed by atoms with Gasteiger partial charge in [-0.05, 0) is 108 Å². The van der Waals surface area contributed by atoms with Gasteiger partial charge in [-0.2, -0.15) is 0 Å². The molecule has 11 N–H and O–H groups in total. The molecule has 0 amide bonds. The van der Waals surface area contributed by atoms with Crippen LogP contribution < -0.4 is 22.1 Å². The number of carbonyl (C=O) groups is 4. The first-order valence-electron chi connectivity index (χ1n) is 26.4. The van der Waals surface area contributed by atoms with Gasteiger partial charge < -0.3 is 57.1 Å². The van der Waals surface area contributed by atoms with Crippen LogP contribution >= 0.6 is 11.6 Å². The van der Waals surface area contributed by atoms with Crippen molar-refractivity contribution in [3.8, 4) is 0 Å². The largest absolute Gasteiger partial charge is 0.478 e. The molecular weight excluding hydrogens is 1150 g/mol. The van der Waals surface area contributed by atoms with Gasteiger partial charge in [0.15, 0.2) is 0 Å². The van der Waals surface area contributed by atoms with Crippen LogP contribution in [-0.2, 0) is 9.47 Å². The lowest BCUT2D eigenvalue weighted by Gasteiger charge is -2.15. The third-order valence-corrected chi connectivity index (χ3v) is 13.1. The molecular formula is C66H56ClF3N6O11. The molecule has 444 valence electrons. The smallest absolute Gasteiger partial charge is 0.337 e. The summed E-state index contributed by atoms with van der Waals surface area (Å²) in [6.45, 7) is 0.905. The van der Waals surface area contributed by atoms with Crippen LogP contribution in [0.3, 0.4) is 0 Å². The molecule has 87 heavy (non-hydrogen) atoms. The summed E-state index contributed by atoms with van der Waals surface area (Å²) in [5.41, 5.74) is 17.2. The number of benzene rings is 9. The van der Waals surface area contributed by atoms with E-state index in [1.54, 1.807) is 36.4 Å². The van der Waals surface area contributed by atoms with Crippen molar-refractivity contribution in [2.75, 3.05) is 36.2 Å². The van der Waals surface area contributed by atoms with Gasteiger partial charge in [0.1, 0.15) is 42.7 Å². The molecule has 2 heterocycles. The summed E-state index contributed by atoms with van der Waals surface area (Å²) in [7, 11) is 0. The maximum absolute atomic E-state index is 14.3. The van der Waals surface area contributed by atoms with Crippen LogP contribution in [0, 0.1) is 17.5 Å². The van der Waals surface area contributed by atoms with Gasteiger partial charge >= 0.3 is 23.9 Å². The van der Waals surface area contributed by atoms with Gasteiger partial charge in [-0.25, -0.2) is 42.3 Å². The molecule has 0 unspecified atom stereocenters. The second kappa shape index (κ2) is 31.2. The van der Waals surface area contributed by atoms with Gasteiger partial charge in [0, 0.05) is 5.69 Å². The summed E-state index contributed by atoms with van der Waals surface area (Å²) >= 11 is 5.44. The third-order valence-electron chi connectivity index (χ3n) is 12.7. The van der Waals surface area contributed by atoms with Crippen LogP contribution in [0.2, 0.25) is 5.02 Å². The molecule has 3 atom stereocenters. The van der Waals surface area contributed by atoms with Crippen LogP contribution in [0.1, 0.15) is 87.4 Å². The Hall–Kier alpha value is -10.8. The number of carboxylic acids is 4. The van der Waals surface area contributed by atoms with E-state index < -0.39 is 35.5 Å². The van der Waals surface area contributed by atoms with Crippen LogP contribution in [0.15, 0.2) is 228 Å². The number of hydrogen-bond donors (Lipinski definition) is 9. The summed E-state index contributed by atoms with van der Waals surface area (Å²) in [4.78, 5) is 52.4. The number of hydrogen-bond acceptors (Lipinski definition) is 13. The monoisotopic (exact) mass is 1200 g/mol. The number of anilines is 5. The summed E-state index contributed by atoms with van der Waals surface area (Å²) in [6, 6.07) is 60.4. The van der Waals surface area contributed by atoms with E-state index in [1.807, 2.05) is 103 Å². The molecule has 0 bridgehead atoms. The Labute approximate surface area is 501 Å². The summed E-state index contributed by atoms with van der Waals surface area (Å²) in [5, 5.41) is 49.8. The SMILES string of the molecule is Fc1ccc(Nc2ccccc2C2=N[C@H](c3ccccc3)CO2)c(C2=N[C@H](c3ccccc3)CO2)c1.N[C@@H](CO)c1ccccc1.Nc1ccccc1C(=O)O.O=C(O)c1cc(F)ccc1Cl.O=C(O)c1ccccc1Nc1ccc(F)cc1C(=O)O. The third kappa shape index (κ3) is 18.1. The van der Waals surface area contributed by atoms with E-state index in [4.69, 9.17) is 68.1 Å². The van der Waals surface area contributed by atoms with Gasteiger partial charge in [0.05, 0.1) is 73.8 Å². The zero-order chi connectivity index (χ0) is 62.4. The number of para-hydroxylation sites is 3. The van der Waals surface area contributed by atoms with Crippen molar-refractivity contribution < 1.29 is 67.4 Å². The first-order valence-corrected chi connectivity index (χ1v) is 26.8. The van der Waals surface area contributed by atoms with Gasteiger partial charge in [0.2, 0.25) is 11.8 Å². The van der Waals surface area contributed by atoms with Crippen molar-refractivity contribution in [1.29, 1.82) is 0 Å². The zero-order valence-electron chi connectivity index (χ0n) is 45.9. The van der Waals surface area contributed by atoms with Crippen LogP contribution in [0.5, 0.6) is 0 Å². The van der Waals surface area contributed by atoms with Crippen LogP contribution in [0.25, 0.3) is 0 Å². The fourth-order valence-corrected chi connectivity index (χ4v) is 8.54. The van der Waals surface area contributed by atoms with E-state index in [-0.39, 0.29) is 69.2 Å². The quantitative estimate of drug-likeness (QED) is 0.0458. The van der Waals surface area contributed by atoms with Crippen LogP contribution in [-0.4, -0.2) is 81.0 Å². The predicted molar refractivity (Wildman–Crippen MR) is 326 cm³/mol. The van der Waals surface area contributed by atoms with Crippen molar-refractivity contribution in [2.45, 2.75) is 18.1 Å². The molecule has 0 spiro atoms. The van der Waals surface area contributed by atoms with E-state index >= 15 is 0 Å². The summed E-state index contributed by atoms with van der Waals surface area (Å²) < 4.78 is 51.7. The average molecular weight is 1200 g/mol. The fourth-order valence-electron chi connectivity index (χ4n) is 8.35. The van der Waals surface area contributed by atoms with Crippen LogP contribution in [0.4, 0.5) is 41.6 Å². The molecule has 0 aliphatic carbocycles. The zero-order valence-corrected chi connectivity index (χ0v) is 46.6. The van der Waals surface area contributed by atoms with E-state index in [2.05, 4.69) is 22.8 Å². The molecule has 17 nitrogen and oxygen atoms in total. The van der Waals surface area contributed by atoms with E-state index in [0.29, 0.717) is 41.9 Å². The number of rotatable bonds is 14. The van der Waals surface area contributed by atoms with Gasteiger partial charge in [-0.1, -0.05) is 139 Å². The van der Waals surface area contributed by atoms with E-state index in [0.717, 1.165) is 52.2 Å². The van der Waals surface area contributed by atoms with E-state index in [9.17, 15) is 32.3 Å². The van der Waals surface area contributed by atoms with Gasteiger partial charge in [-0.3, -0.25) is 0 Å². The minimum atomic E-state index is -1.31. The molecule has 2 aliphatic heterocycles. The number of aromatic carboxylic acids is 4. The Kier molecular flexibility index (Phi) is 22.9. The number of halogens is 4. The van der Waals surface area contributed by atoms with Gasteiger partial charge in [-0.15, -0.1) is 0 Å². The molecule has 0 aromatic heterocycles. The molecule has 2 aliphatic rings. The lowest BCUT2D eigenvalue weighted by atomic mass is 10.1. The number of nitrogens with two attached hydrogens (primary N) is 2. The Balaban J connectivity index is 0.000000177. The molecule has 0 fully saturated rings. The molecule has 21 heteroatoms. The van der Waals surface area contributed by atoms with Crippen molar-refractivity contribution >= 4 is 75.7 Å². The predicted octanol–water partition coefficient (Wildman–Crippen LogP) is 13.4. The number of nitrogens with zero attached hydrogens (tertiary/aromatic N) is 2. The Morgan fingerprint density at radius 3 is 1.40 bits per heavy atom. The second-order valence-electron chi connectivity index (χ2n) is 18.7. The van der Waals surface area contributed by atoms with Crippen molar-refractivity contribution in [3.63, 3.8) is 0 Å². The van der Waals surface area contributed by atoms with Crippen molar-refractivity contribution in [3.05, 3.63) is 291 Å². The lowest BCUT2D eigenvalue weighted by Crippen LogP contribution is -2.13. The first kappa shape index (κ1) is 63.8. The number of aliphatic imine (C=N–C) groups is 2. The Morgan fingerprint density at radius 1 is 0.483 bits per heavy atom. The number of carboxylic acid groups (broad SMARTS) is 4. The maximum atomic E-state index is 14.3. The second-order valence-corrected chi connectivity index (χ2v) is 19.1. The fraction of sp³-hybridized carbons (Fsp3) is 0.0909. The number of aliphatic hydroxyl groups is 1. The number of nitrogen functional groups attached to an aromatic ring is 1. The highest BCUT2D eigenvalue weighted by Crippen LogP contribution is 2.33. The first-order chi connectivity index (χ1) is 41.9. The minimum absolute atomic E-state index is 0.00398. The number of aliphatic hydroxyl groups excluding tert-OH is 1. The molecule has 0 saturated carbocycles. The Morgan fingerprint density at radius 2 is 0.885 bits per heavy atom. The molecule has 0 saturated heterocycles. The minimum Gasteiger partial charge on any atom is -0.478 e. The highest BCUT2D eigenvalue weighted by molar-refractivity contribution is 6.33. The van der Waals surface area contributed by atoms with Crippen molar-refractivity contribution in [2.24, 2.45) is 15.7 Å². The van der Waals surface area contributed by atoms with Gasteiger partial charge in [0.25, 0.3) is 0 Å². The standard InChI is InChI=1S/C30H24FN3O2.C14H10FNO4.C8H11NO.C7H4ClFO2.C7H7NO2/c31-22-15-16-26(24(17-22)30-34-28(19-36-30)21-11-5-2-6-12-21)32-25-14-8-7-13-23(25)29-33-27(18-35-29)20-9-3-1-4-10-20;15-8-5-6-12(10(7-8)14(19)20)16-11-4-2-1-3-9(11)13(17)18;9-8(6-10)7-4-2-1-3-5-7;8-6-2-1-4(9)3-5(6)7(10)11;8-6-4-2-1-3-5(6)7(9)10/h1-17,27-28,32H,18-19H2;1-7,16H,(H,17,18)(H,19,20);1-5,8,10H,6,9H2;1-3H,(H,10,11);1-4H,8H2,(H,9,10)/t27-,28-;;8-;;/m0.0../s1. The Bertz CT molecular complexity index is 3900.